The van der Waals surface area contributed by atoms with Crippen LogP contribution in [-0.2, 0) is 16.4 Å². The van der Waals surface area contributed by atoms with E-state index in [1.54, 1.807) is 25.3 Å². The molecule has 0 aromatic heterocycles. The molecule has 2 aromatic rings. The highest BCUT2D eigenvalue weighted by Gasteiger charge is 2.40. The molecular weight excluding hydrogens is 440 g/mol. The highest BCUT2D eigenvalue weighted by atomic mass is 32.2. The highest BCUT2D eigenvalue weighted by molar-refractivity contribution is 7.90. The van der Waals surface area contributed by atoms with Crippen LogP contribution in [-0.4, -0.2) is 51.0 Å². The Morgan fingerprint density at radius 3 is 2.76 bits per heavy atom. The predicted molar refractivity (Wildman–Crippen MR) is 126 cm³/mol. The van der Waals surface area contributed by atoms with Crippen molar-refractivity contribution in [3.63, 3.8) is 0 Å². The molecule has 2 atom stereocenters. The van der Waals surface area contributed by atoms with Gasteiger partial charge in [0.25, 0.3) is 15.9 Å². The molecule has 0 spiro atoms. The minimum Gasteiger partial charge on any atom is -0.496 e. The van der Waals surface area contributed by atoms with Crippen molar-refractivity contribution >= 4 is 15.9 Å². The normalized spacial score (nSPS) is 19.5. The minimum atomic E-state index is -3.71. The van der Waals surface area contributed by atoms with E-state index in [-0.39, 0.29) is 23.1 Å². The number of fused-ring (bicyclic) bond motifs is 2. The highest BCUT2D eigenvalue weighted by Crippen LogP contribution is 2.34. The molecule has 0 saturated carbocycles. The topological polar surface area (TPSA) is 84.9 Å². The van der Waals surface area contributed by atoms with Gasteiger partial charge in [0.1, 0.15) is 22.5 Å². The van der Waals surface area contributed by atoms with Crippen LogP contribution in [0.15, 0.2) is 47.4 Å². The van der Waals surface area contributed by atoms with Gasteiger partial charge in [-0.1, -0.05) is 31.5 Å². The van der Waals surface area contributed by atoms with Crippen molar-refractivity contribution < 1.29 is 22.7 Å². The lowest BCUT2D eigenvalue weighted by Crippen LogP contribution is -2.39. The molecule has 4 rings (SSSR count). The quantitative estimate of drug-likeness (QED) is 0.530. The molecule has 0 aliphatic carbocycles. The Morgan fingerprint density at radius 1 is 1.18 bits per heavy atom. The van der Waals surface area contributed by atoms with Gasteiger partial charge in [-0.25, -0.2) is 12.7 Å². The van der Waals surface area contributed by atoms with Gasteiger partial charge in [0, 0.05) is 24.7 Å². The van der Waals surface area contributed by atoms with Crippen LogP contribution in [0.25, 0.3) is 0 Å². The lowest BCUT2D eigenvalue weighted by Gasteiger charge is -2.29. The van der Waals surface area contributed by atoms with Gasteiger partial charge in [0.05, 0.1) is 12.7 Å². The Morgan fingerprint density at radius 2 is 2.00 bits per heavy atom. The number of amides is 1. The molecule has 33 heavy (non-hydrogen) atoms. The number of hydrogen-bond acceptors (Lipinski definition) is 6. The van der Waals surface area contributed by atoms with Crippen molar-refractivity contribution in [2.24, 2.45) is 0 Å². The molecule has 2 unspecified atom stereocenters. The number of carbonyl (C=O) groups is 1. The number of carbonyl (C=O) groups excluding carboxylic acids is 1. The SMILES string of the molecule is CCC(CCCCN1C(=O)c2ccccc2S1(=O)=O)NCC1CCc2c(OC)cccc2O1. The first-order chi connectivity index (χ1) is 16.0. The van der Waals surface area contributed by atoms with Crippen molar-refractivity contribution in [1.29, 1.82) is 0 Å². The van der Waals surface area contributed by atoms with E-state index in [2.05, 4.69) is 12.2 Å². The smallest absolute Gasteiger partial charge is 0.269 e. The van der Waals surface area contributed by atoms with E-state index < -0.39 is 15.9 Å². The van der Waals surface area contributed by atoms with Crippen molar-refractivity contribution in [1.82, 2.24) is 9.62 Å². The molecule has 0 bridgehead atoms. The lowest BCUT2D eigenvalue weighted by molar-refractivity contribution is 0.0869. The minimum absolute atomic E-state index is 0.115. The zero-order chi connectivity index (χ0) is 23.4. The molecule has 2 heterocycles. The van der Waals surface area contributed by atoms with Crippen LogP contribution in [0.1, 0.15) is 54.9 Å². The summed E-state index contributed by atoms with van der Waals surface area (Å²) in [6, 6.07) is 12.7. The molecule has 7 nitrogen and oxygen atoms in total. The van der Waals surface area contributed by atoms with Gasteiger partial charge in [0.2, 0.25) is 0 Å². The van der Waals surface area contributed by atoms with E-state index in [0.29, 0.717) is 12.5 Å². The lowest BCUT2D eigenvalue weighted by atomic mass is 10.0. The number of nitrogens with one attached hydrogen (secondary N) is 1. The molecule has 178 valence electrons. The monoisotopic (exact) mass is 472 g/mol. The van der Waals surface area contributed by atoms with Gasteiger partial charge in [-0.2, -0.15) is 0 Å². The Labute approximate surface area is 196 Å². The summed E-state index contributed by atoms with van der Waals surface area (Å²) in [4.78, 5) is 12.6. The summed E-state index contributed by atoms with van der Waals surface area (Å²) in [7, 11) is -2.03. The Kier molecular flexibility index (Phi) is 7.24. The predicted octanol–water partition coefficient (Wildman–Crippen LogP) is 3.77. The average Bonchev–Trinajstić information content (AvgIpc) is 3.03. The summed E-state index contributed by atoms with van der Waals surface area (Å²) < 4.78 is 37.9. The number of unbranched alkanes of at least 4 members (excludes halogenated alkanes) is 1. The third-order valence-electron chi connectivity index (χ3n) is 6.52. The summed E-state index contributed by atoms with van der Waals surface area (Å²) in [6.07, 6.45) is 5.36. The van der Waals surface area contributed by atoms with E-state index in [4.69, 9.17) is 9.47 Å². The first-order valence-electron chi connectivity index (χ1n) is 11.7. The second-order valence-corrected chi connectivity index (χ2v) is 10.4. The van der Waals surface area contributed by atoms with Gasteiger partial charge in [-0.05, 0) is 56.4 Å². The number of sulfonamides is 1. The standard InChI is InChI=1S/C25H32N2O5S/c1-3-18(26-17-19-14-15-20-22(31-2)11-8-12-23(20)32-19)9-6-7-16-27-25(28)21-10-4-5-13-24(21)33(27,29)30/h4-5,8,10-13,18-19,26H,3,6-7,9,14-17H2,1-2H3. The number of ether oxygens (including phenoxy) is 2. The van der Waals surface area contributed by atoms with E-state index in [0.717, 1.165) is 60.0 Å². The molecule has 2 aliphatic rings. The van der Waals surface area contributed by atoms with Crippen LogP contribution in [0.4, 0.5) is 0 Å². The number of methoxy groups -OCH3 is 1. The van der Waals surface area contributed by atoms with Crippen LogP contribution in [0.2, 0.25) is 0 Å². The molecule has 1 amide bonds. The van der Waals surface area contributed by atoms with Gasteiger partial charge in [0.15, 0.2) is 0 Å². The summed E-state index contributed by atoms with van der Waals surface area (Å²) in [5.41, 5.74) is 1.41. The van der Waals surface area contributed by atoms with E-state index >= 15 is 0 Å². The summed E-state index contributed by atoms with van der Waals surface area (Å²) in [5.74, 6) is 1.37. The van der Waals surface area contributed by atoms with Crippen LogP contribution in [0, 0.1) is 0 Å². The fourth-order valence-corrected chi connectivity index (χ4v) is 6.24. The summed E-state index contributed by atoms with van der Waals surface area (Å²) in [5, 5.41) is 3.61. The molecule has 2 aliphatic heterocycles. The van der Waals surface area contributed by atoms with Crippen LogP contribution >= 0.6 is 0 Å². The number of benzene rings is 2. The zero-order valence-corrected chi connectivity index (χ0v) is 20.1. The van der Waals surface area contributed by atoms with Gasteiger partial charge in [-0.3, -0.25) is 4.79 Å². The average molecular weight is 473 g/mol. The Balaban J connectivity index is 1.23. The van der Waals surface area contributed by atoms with Crippen LogP contribution in [0.3, 0.4) is 0 Å². The Bertz CT molecular complexity index is 1100. The van der Waals surface area contributed by atoms with Gasteiger partial charge in [-0.15, -0.1) is 0 Å². The van der Waals surface area contributed by atoms with Gasteiger partial charge < -0.3 is 14.8 Å². The fourth-order valence-electron chi connectivity index (χ4n) is 4.63. The molecular formula is C25H32N2O5S. The van der Waals surface area contributed by atoms with Crippen molar-refractivity contribution in [2.75, 3.05) is 20.2 Å². The Hall–Kier alpha value is -2.58. The van der Waals surface area contributed by atoms with E-state index in [1.807, 2.05) is 18.2 Å². The maximum Gasteiger partial charge on any atom is 0.269 e. The second kappa shape index (κ2) is 10.1. The summed E-state index contributed by atoms with van der Waals surface area (Å²) in [6.45, 7) is 3.13. The first-order valence-corrected chi connectivity index (χ1v) is 13.1. The van der Waals surface area contributed by atoms with Crippen molar-refractivity contribution in [3.05, 3.63) is 53.6 Å². The van der Waals surface area contributed by atoms with Crippen LogP contribution in [0.5, 0.6) is 11.5 Å². The maximum atomic E-state index is 12.7. The maximum absolute atomic E-state index is 12.7. The fraction of sp³-hybridized carbons (Fsp3) is 0.480. The molecule has 1 N–H and O–H groups in total. The molecule has 8 heteroatoms. The van der Waals surface area contributed by atoms with Crippen molar-refractivity contribution in [3.8, 4) is 11.5 Å². The number of hydrogen-bond donors (Lipinski definition) is 1. The van der Waals surface area contributed by atoms with Gasteiger partial charge >= 0.3 is 0 Å². The van der Waals surface area contributed by atoms with E-state index in [1.165, 1.54) is 6.07 Å². The largest absolute Gasteiger partial charge is 0.496 e. The first kappa shape index (κ1) is 23.6. The number of nitrogens with zero attached hydrogens (tertiary/aromatic N) is 1. The molecule has 0 radical (unpaired) electrons. The van der Waals surface area contributed by atoms with E-state index in [9.17, 15) is 13.2 Å². The second-order valence-electron chi connectivity index (χ2n) is 8.60. The molecule has 0 fully saturated rings. The van der Waals surface area contributed by atoms with Crippen molar-refractivity contribution in [2.45, 2.75) is 62.5 Å². The molecule has 0 saturated heterocycles. The number of rotatable bonds is 10. The zero-order valence-electron chi connectivity index (χ0n) is 19.2. The third kappa shape index (κ3) is 4.87. The van der Waals surface area contributed by atoms with Crippen LogP contribution < -0.4 is 14.8 Å². The summed E-state index contributed by atoms with van der Waals surface area (Å²) >= 11 is 0. The molecule has 2 aromatic carbocycles. The third-order valence-corrected chi connectivity index (χ3v) is 8.36.